The van der Waals surface area contributed by atoms with Crippen LogP contribution in [-0.2, 0) is 31.0 Å². The second-order valence-corrected chi connectivity index (χ2v) is 19.2. The van der Waals surface area contributed by atoms with Gasteiger partial charge in [0, 0.05) is 0 Å². The summed E-state index contributed by atoms with van der Waals surface area (Å²) >= 11 is -3.58. The van der Waals surface area contributed by atoms with Gasteiger partial charge in [0.15, 0.2) is 0 Å². The molecule has 56 heavy (non-hydrogen) atoms. The third kappa shape index (κ3) is 35.5. The molecule has 0 aliphatic rings. The van der Waals surface area contributed by atoms with Gasteiger partial charge in [0.25, 0.3) is 0 Å². The number of unbranched alkanes of at least 4 members (excludes halogenated alkanes) is 28. The summed E-state index contributed by atoms with van der Waals surface area (Å²) in [6.07, 6.45) is 50.6. The molecule has 0 aromatic carbocycles. The first-order valence-electron chi connectivity index (χ1n) is 25.0. The Morgan fingerprint density at radius 2 is 0.625 bits per heavy atom. The molecule has 1 atom stereocenters. The Bertz CT molecular complexity index is 751. The molecule has 3 N–H and O–H groups in total. The molecule has 0 aromatic heterocycles. The van der Waals surface area contributed by atoms with Gasteiger partial charge in [-0.15, -0.1) is 0 Å². The van der Waals surface area contributed by atoms with E-state index in [4.69, 9.17) is 19.7 Å². The fourth-order valence-corrected chi connectivity index (χ4v) is 9.88. The van der Waals surface area contributed by atoms with Gasteiger partial charge in [0.05, 0.1) is 12.2 Å². The van der Waals surface area contributed by atoms with Gasteiger partial charge in [-0.2, -0.15) is 0 Å². The van der Waals surface area contributed by atoms with Crippen molar-refractivity contribution in [2.75, 3.05) is 6.61 Å². The Hall–Kier alpha value is 0.744. The average molecular weight is 853 g/mol. The quantitative estimate of drug-likeness (QED) is 0.0321. The third-order valence-electron chi connectivity index (χ3n) is 12.3. The van der Waals surface area contributed by atoms with Crippen LogP contribution in [0.15, 0.2) is 0 Å². The minimum absolute atomic E-state index is 0.121. The molecule has 338 valence electrons. The summed E-state index contributed by atoms with van der Waals surface area (Å²) in [5.41, 5.74) is -0.168. The molecule has 0 heterocycles. The van der Waals surface area contributed by atoms with Gasteiger partial charge in [-0.25, -0.2) is 0 Å². The Labute approximate surface area is 359 Å². The van der Waals surface area contributed by atoms with E-state index in [1.165, 1.54) is 231 Å². The zero-order chi connectivity index (χ0) is 41.9. The molecule has 1 unspecified atom stereocenters. The van der Waals surface area contributed by atoms with Crippen LogP contribution >= 0.6 is 8.60 Å². The molecule has 0 aromatic rings. The Morgan fingerprint density at radius 1 is 0.393 bits per heavy atom. The van der Waals surface area contributed by atoms with Crippen molar-refractivity contribution in [2.24, 2.45) is 5.41 Å². The molecular weight excluding hydrogens is 751 g/mol. The van der Waals surface area contributed by atoms with Crippen LogP contribution < -0.4 is 0 Å². The SMILES string of the molecule is CCCCCCCCOP(O)OC(CCCCCCCC)(CCCCCCCC)C(CCCCCC)(CCCCCCCC)CCCCCCCC.[O]=[Ti]([OH])[OH]. The number of rotatable bonds is 44. The monoisotopic (exact) mass is 853 g/mol. The van der Waals surface area contributed by atoms with Crippen molar-refractivity contribution in [3.8, 4) is 0 Å². The Morgan fingerprint density at radius 3 is 0.929 bits per heavy atom. The Balaban J connectivity index is 0. The van der Waals surface area contributed by atoms with Crippen LogP contribution in [0, 0.1) is 5.41 Å². The first-order valence-corrected chi connectivity index (χ1v) is 28.1. The summed E-state index contributed by atoms with van der Waals surface area (Å²) in [5, 5.41) is 0. The maximum atomic E-state index is 11.8. The number of hydrogen-bond acceptors (Lipinski definition) is 4. The standard InChI is InChI=1S/C48H99O3P.2H2O.O.Ti/c1-7-13-19-25-30-36-42-47(41-35-24-18-12-6,43-37-31-26-20-14-8-2)48(44-38-32-27-21-15-9-3,45-39-33-28-22-16-10-4)51-52(49)50-46-40-34-29-23-17-11-5;;;;/h49H,7-46H2,1-6H3;2*1H2;;/q;;;;+2/p-2. The predicted molar refractivity (Wildman–Crippen MR) is 241 cm³/mol. The van der Waals surface area contributed by atoms with Gasteiger partial charge in [-0.05, 0) is 43.9 Å². The summed E-state index contributed by atoms with van der Waals surface area (Å²) < 4.78 is 36.9. The van der Waals surface area contributed by atoms with Crippen LogP contribution in [0.25, 0.3) is 0 Å². The topological polar surface area (TPSA) is 96.2 Å². The molecule has 0 aliphatic carbocycles. The van der Waals surface area contributed by atoms with Crippen molar-refractivity contribution >= 4 is 8.60 Å². The van der Waals surface area contributed by atoms with E-state index in [9.17, 15) is 4.89 Å². The predicted octanol–water partition coefficient (Wildman–Crippen LogP) is 17.1. The maximum absolute atomic E-state index is 11.8. The molecule has 0 radical (unpaired) electrons. The first-order chi connectivity index (χ1) is 27.2. The molecule has 0 aliphatic heterocycles. The van der Waals surface area contributed by atoms with Crippen LogP contribution in [-0.4, -0.2) is 24.5 Å². The van der Waals surface area contributed by atoms with E-state index in [2.05, 4.69) is 41.5 Å². The second kappa shape index (κ2) is 45.3. The molecular formula is C48H101O6PTi. The number of hydrogen-bond donors (Lipinski definition) is 3. The molecule has 6 nitrogen and oxygen atoms in total. The molecule has 0 saturated carbocycles. The summed E-state index contributed by atoms with van der Waals surface area (Å²) in [5.74, 6) is 0. The summed E-state index contributed by atoms with van der Waals surface area (Å²) in [4.78, 5) is 11.8. The first kappa shape index (κ1) is 58.8. The third-order valence-corrected chi connectivity index (χ3v) is 13.2. The van der Waals surface area contributed by atoms with E-state index in [0.29, 0.717) is 6.61 Å². The van der Waals surface area contributed by atoms with Gasteiger partial charge < -0.3 is 13.9 Å². The summed E-state index contributed by atoms with van der Waals surface area (Å²) in [6.45, 7) is 14.6. The van der Waals surface area contributed by atoms with Crippen LogP contribution in [0.1, 0.15) is 292 Å². The van der Waals surface area contributed by atoms with Crippen LogP contribution in [0.3, 0.4) is 0 Å². The van der Waals surface area contributed by atoms with E-state index >= 15 is 0 Å². The zero-order valence-corrected chi connectivity index (χ0v) is 41.3. The molecule has 8 heteroatoms. The molecule has 0 fully saturated rings. The van der Waals surface area contributed by atoms with Crippen molar-refractivity contribution in [3.63, 3.8) is 0 Å². The van der Waals surface area contributed by atoms with E-state index in [1.54, 1.807) is 0 Å². The Kier molecular flexibility index (Phi) is 47.6. The molecule has 0 spiro atoms. The van der Waals surface area contributed by atoms with Crippen molar-refractivity contribution in [2.45, 2.75) is 298 Å². The van der Waals surface area contributed by atoms with Crippen molar-refractivity contribution < 1.29 is 43.3 Å². The van der Waals surface area contributed by atoms with E-state index < -0.39 is 27.2 Å². The van der Waals surface area contributed by atoms with Crippen LogP contribution in [0.5, 0.6) is 0 Å². The average Bonchev–Trinajstić information content (AvgIpc) is 3.17. The van der Waals surface area contributed by atoms with Gasteiger partial charge in [0.2, 0.25) is 0 Å². The second-order valence-electron chi connectivity index (χ2n) is 17.4. The van der Waals surface area contributed by atoms with Crippen LogP contribution in [0.4, 0.5) is 0 Å². The fourth-order valence-electron chi connectivity index (χ4n) is 8.86. The van der Waals surface area contributed by atoms with Crippen molar-refractivity contribution in [1.82, 2.24) is 0 Å². The van der Waals surface area contributed by atoms with Crippen molar-refractivity contribution in [3.05, 3.63) is 0 Å². The van der Waals surface area contributed by atoms with E-state index in [1.807, 2.05) is 0 Å². The van der Waals surface area contributed by atoms with E-state index in [0.717, 1.165) is 19.3 Å². The van der Waals surface area contributed by atoms with Gasteiger partial charge >= 0.3 is 37.9 Å². The molecule has 0 bridgehead atoms. The normalized spacial score (nSPS) is 12.5. The van der Waals surface area contributed by atoms with Crippen molar-refractivity contribution in [1.29, 1.82) is 0 Å². The van der Waals surface area contributed by atoms with Crippen LogP contribution in [0.2, 0.25) is 0 Å². The fraction of sp³-hybridized carbons (Fsp3) is 1.00. The zero-order valence-electron chi connectivity index (χ0n) is 38.8. The van der Waals surface area contributed by atoms with Gasteiger partial charge in [-0.3, -0.25) is 0 Å². The molecule has 0 amide bonds. The van der Waals surface area contributed by atoms with Gasteiger partial charge in [-0.1, -0.05) is 253 Å². The van der Waals surface area contributed by atoms with E-state index in [-0.39, 0.29) is 11.0 Å². The summed E-state index contributed by atoms with van der Waals surface area (Å²) in [7, 11) is -1.90. The molecule has 0 saturated heterocycles. The van der Waals surface area contributed by atoms with Gasteiger partial charge in [0.1, 0.15) is 0 Å². The minimum atomic E-state index is -3.58. The summed E-state index contributed by atoms with van der Waals surface area (Å²) in [6, 6.07) is 0. The molecule has 0 rings (SSSR count).